The number of nitrogens with zero attached hydrogens (tertiary/aromatic N) is 1. The van der Waals surface area contributed by atoms with Crippen LogP contribution < -0.4 is 14.8 Å². The lowest BCUT2D eigenvalue weighted by Crippen LogP contribution is -2.51. The molecule has 2 rings (SSSR count). The Kier molecular flexibility index (Phi) is 7.59. The van der Waals surface area contributed by atoms with Gasteiger partial charge in [0.1, 0.15) is 0 Å². The molecule has 1 aliphatic rings. The van der Waals surface area contributed by atoms with Crippen molar-refractivity contribution in [2.45, 2.75) is 26.5 Å². The molecule has 1 aliphatic heterocycles. The molecule has 1 aromatic rings. The Morgan fingerprint density at radius 2 is 1.96 bits per heavy atom. The molecule has 0 bridgehead atoms. The van der Waals surface area contributed by atoms with Gasteiger partial charge in [-0.05, 0) is 24.1 Å². The summed E-state index contributed by atoms with van der Waals surface area (Å²) in [7, 11) is 1.34. The van der Waals surface area contributed by atoms with Crippen LogP contribution in [-0.4, -0.2) is 63.4 Å². The maximum absolute atomic E-state index is 12.5. The maximum Gasteiger partial charge on any atom is 0.387 e. The van der Waals surface area contributed by atoms with E-state index in [1.54, 1.807) is 0 Å². The number of halogens is 2. The summed E-state index contributed by atoms with van der Waals surface area (Å²) in [6.07, 6.45) is 0. The molecule has 0 radical (unpaired) electrons. The second-order valence-corrected chi connectivity index (χ2v) is 6.41. The topological polar surface area (TPSA) is 60.0 Å². The minimum absolute atomic E-state index is 0.0894. The molecule has 1 aromatic carbocycles. The van der Waals surface area contributed by atoms with Gasteiger partial charge in [-0.1, -0.05) is 13.8 Å². The standard InChI is InChI=1S/C18H26F2N2O4/c1-12(2)14(22-6-8-25-9-7-22)11-21-17(23)13-4-5-15(26-18(19)20)16(10-13)24-3/h4-5,10,12,14,18H,6-9,11H2,1-3H3,(H,21,23)/t14-/m1/s1. The van der Waals surface area contributed by atoms with E-state index in [4.69, 9.17) is 9.47 Å². The van der Waals surface area contributed by atoms with Crippen LogP contribution in [0.1, 0.15) is 24.2 Å². The van der Waals surface area contributed by atoms with Crippen LogP contribution in [-0.2, 0) is 4.74 Å². The zero-order chi connectivity index (χ0) is 19.1. The summed E-state index contributed by atoms with van der Waals surface area (Å²) in [6, 6.07) is 4.34. The van der Waals surface area contributed by atoms with Crippen molar-refractivity contribution in [2.75, 3.05) is 40.0 Å². The first-order valence-corrected chi connectivity index (χ1v) is 8.65. The monoisotopic (exact) mass is 372 g/mol. The number of hydrogen-bond donors (Lipinski definition) is 1. The van der Waals surface area contributed by atoms with Gasteiger partial charge in [-0.3, -0.25) is 9.69 Å². The van der Waals surface area contributed by atoms with E-state index in [1.165, 1.54) is 25.3 Å². The number of benzene rings is 1. The highest BCUT2D eigenvalue weighted by Gasteiger charge is 2.24. The molecule has 146 valence electrons. The highest BCUT2D eigenvalue weighted by molar-refractivity contribution is 5.94. The van der Waals surface area contributed by atoms with Crippen molar-refractivity contribution in [3.8, 4) is 11.5 Å². The molecule has 26 heavy (non-hydrogen) atoms. The first-order valence-electron chi connectivity index (χ1n) is 8.65. The molecular weight excluding hydrogens is 346 g/mol. The molecule has 1 N–H and O–H groups in total. The van der Waals surface area contributed by atoms with Gasteiger partial charge in [0.25, 0.3) is 5.91 Å². The van der Waals surface area contributed by atoms with E-state index >= 15 is 0 Å². The van der Waals surface area contributed by atoms with E-state index in [0.717, 1.165) is 13.1 Å². The average molecular weight is 372 g/mol. The number of carbonyl (C=O) groups is 1. The molecule has 1 atom stereocenters. The molecule has 0 aromatic heterocycles. The Bertz CT molecular complexity index is 593. The summed E-state index contributed by atoms with van der Waals surface area (Å²) >= 11 is 0. The average Bonchev–Trinajstić information content (AvgIpc) is 2.62. The predicted molar refractivity (Wildman–Crippen MR) is 93.0 cm³/mol. The van der Waals surface area contributed by atoms with Gasteiger partial charge in [0.15, 0.2) is 11.5 Å². The van der Waals surface area contributed by atoms with Crippen molar-refractivity contribution in [1.29, 1.82) is 0 Å². The molecule has 0 unspecified atom stereocenters. The lowest BCUT2D eigenvalue weighted by atomic mass is 10.0. The zero-order valence-electron chi connectivity index (χ0n) is 15.3. The Labute approximate surface area is 152 Å². The Morgan fingerprint density at radius 3 is 2.54 bits per heavy atom. The van der Waals surface area contributed by atoms with Gasteiger partial charge in [-0.15, -0.1) is 0 Å². The van der Waals surface area contributed by atoms with Crippen molar-refractivity contribution in [1.82, 2.24) is 10.2 Å². The minimum atomic E-state index is -2.95. The van der Waals surface area contributed by atoms with Crippen LogP contribution in [0.3, 0.4) is 0 Å². The summed E-state index contributed by atoms with van der Waals surface area (Å²) < 4.78 is 39.6. The molecular formula is C18H26F2N2O4. The number of carbonyl (C=O) groups excluding carboxylic acids is 1. The molecule has 1 fully saturated rings. The third-order valence-electron chi connectivity index (χ3n) is 4.40. The summed E-state index contributed by atoms with van der Waals surface area (Å²) in [5.74, 6) is 0.0644. The van der Waals surface area contributed by atoms with Crippen molar-refractivity contribution < 1.29 is 27.8 Å². The van der Waals surface area contributed by atoms with Gasteiger partial charge in [-0.25, -0.2) is 0 Å². The predicted octanol–water partition coefficient (Wildman–Crippen LogP) is 2.38. The normalized spacial score (nSPS) is 16.6. The molecule has 6 nitrogen and oxygen atoms in total. The minimum Gasteiger partial charge on any atom is -0.493 e. The van der Waals surface area contributed by atoms with Crippen molar-refractivity contribution >= 4 is 5.91 Å². The zero-order valence-corrected chi connectivity index (χ0v) is 15.3. The van der Waals surface area contributed by atoms with Crippen molar-refractivity contribution in [3.63, 3.8) is 0 Å². The van der Waals surface area contributed by atoms with Gasteiger partial charge in [0, 0.05) is 31.2 Å². The van der Waals surface area contributed by atoms with Gasteiger partial charge in [-0.2, -0.15) is 8.78 Å². The van der Waals surface area contributed by atoms with E-state index in [2.05, 4.69) is 28.8 Å². The summed E-state index contributed by atoms with van der Waals surface area (Å²) in [5.41, 5.74) is 0.327. The van der Waals surface area contributed by atoms with E-state index in [-0.39, 0.29) is 23.4 Å². The first kappa shape index (κ1) is 20.4. The first-order chi connectivity index (χ1) is 12.4. The van der Waals surface area contributed by atoms with Gasteiger partial charge in [0.2, 0.25) is 0 Å². The second-order valence-electron chi connectivity index (χ2n) is 6.41. The number of morpholine rings is 1. The highest BCUT2D eigenvalue weighted by atomic mass is 19.3. The lowest BCUT2D eigenvalue weighted by Gasteiger charge is -2.36. The van der Waals surface area contributed by atoms with Crippen LogP contribution in [0.2, 0.25) is 0 Å². The quantitative estimate of drug-likeness (QED) is 0.759. The van der Waals surface area contributed by atoms with Crippen LogP contribution in [0.15, 0.2) is 18.2 Å². The third kappa shape index (κ3) is 5.54. The third-order valence-corrected chi connectivity index (χ3v) is 4.40. The molecule has 1 saturated heterocycles. The number of ether oxygens (including phenoxy) is 3. The fourth-order valence-electron chi connectivity index (χ4n) is 3.00. The fourth-order valence-corrected chi connectivity index (χ4v) is 3.00. The van der Waals surface area contributed by atoms with Crippen LogP contribution in [0, 0.1) is 5.92 Å². The van der Waals surface area contributed by atoms with Crippen LogP contribution in [0.25, 0.3) is 0 Å². The Morgan fingerprint density at radius 1 is 1.27 bits per heavy atom. The Balaban J connectivity index is 2.01. The highest BCUT2D eigenvalue weighted by Crippen LogP contribution is 2.29. The van der Waals surface area contributed by atoms with Gasteiger partial charge < -0.3 is 19.5 Å². The maximum atomic E-state index is 12.5. The molecule has 1 amide bonds. The van der Waals surface area contributed by atoms with E-state index < -0.39 is 6.61 Å². The van der Waals surface area contributed by atoms with Gasteiger partial charge in [0.05, 0.1) is 20.3 Å². The van der Waals surface area contributed by atoms with E-state index in [9.17, 15) is 13.6 Å². The molecule has 1 heterocycles. The number of hydrogen-bond acceptors (Lipinski definition) is 5. The van der Waals surface area contributed by atoms with Crippen LogP contribution in [0.5, 0.6) is 11.5 Å². The summed E-state index contributed by atoms with van der Waals surface area (Å²) in [4.78, 5) is 14.8. The molecule has 8 heteroatoms. The van der Waals surface area contributed by atoms with Crippen LogP contribution >= 0.6 is 0 Å². The number of nitrogens with one attached hydrogen (secondary N) is 1. The van der Waals surface area contributed by atoms with Gasteiger partial charge >= 0.3 is 6.61 Å². The number of alkyl halides is 2. The van der Waals surface area contributed by atoms with E-state index in [0.29, 0.717) is 31.2 Å². The van der Waals surface area contributed by atoms with Crippen molar-refractivity contribution in [2.24, 2.45) is 5.92 Å². The SMILES string of the molecule is COc1cc(C(=O)NC[C@H](C(C)C)N2CCOCC2)ccc1OC(F)F. The van der Waals surface area contributed by atoms with E-state index in [1.807, 2.05) is 0 Å². The smallest absolute Gasteiger partial charge is 0.387 e. The largest absolute Gasteiger partial charge is 0.493 e. The summed E-state index contributed by atoms with van der Waals surface area (Å²) in [5, 5.41) is 2.92. The molecule has 0 saturated carbocycles. The van der Waals surface area contributed by atoms with Crippen LogP contribution in [0.4, 0.5) is 8.78 Å². The fraction of sp³-hybridized carbons (Fsp3) is 0.611. The number of amides is 1. The summed E-state index contributed by atoms with van der Waals surface area (Å²) in [6.45, 7) is 4.84. The lowest BCUT2D eigenvalue weighted by molar-refractivity contribution is -0.0512. The molecule has 0 aliphatic carbocycles. The number of rotatable bonds is 8. The Hall–Kier alpha value is -1.93. The second kappa shape index (κ2) is 9.68. The number of methoxy groups -OCH3 is 1. The molecule has 0 spiro atoms. The van der Waals surface area contributed by atoms with Crippen molar-refractivity contribution in [3.05, 3.63) is 23.8 Å².